The Bertz CT molecular complexity index is 389. The molecule has 0 saturated carbocycles. The minimum Gasteiger partial charge on any atom is -0.326 e. The summed E-state index contributed by atoms with van der Waals surface area (Å²) in [5.74, 6) is 0.00162. The molecular formula is C14H24N4O. The molecule has 106 valence electrons. The van der Waals surface area contributed by atoms with Crippen LogP contribution in [0.4, 0.5) is 5.69 Å². The van der Waals surface area contributed by atoms with Crippen molar-refractivity contribution in [2.24, 2.45) is 5.73 Å². The summed E-state index contributed by atoms with van der Waals surface area (Å²) in [6, 6.07) is 7.59. The highest BCUT2D eigenvalue weighted by atomic mass is 16.2. The molecule has 0 heterocycles. The number of carbonyl (C=O) groups excluding carboxylic acids is 1. The summed E-state index contributed by atoms with van der Waals surface area (Å²) in [4.78, 5) is 15.9. The summed E-state index contributed by atoms with van der Waals surface area (Å²) in [6.07, 6.45) is 0. The van der Waals surface area contributed by atoms with Crippen molar-refractivity contribution in [1.29, 1.82) is 0 Å². The molecule has 0 atom stereocenters. The van der Waals surface area contributed by atoms with Gasteiger partial charge >= 0.3 is 0 Å². The molecule has 0 unspecified atom stereocenters. The topological polar surface area (TPSA) is 61.6 Å². The maximum atomic E-state index is 11.8. The molecule has 0 aromatic heterocycles. The number of rotatable bonds is 7. The van der Waals surface area contributed by atoms with Crippen LogP contribution in [0.15, 0.2) is 24.3 Å². The quantitative estimate of drug-likeness (QED) is 0.756. The second kappa shape index (κ2) is 7.89. The number of benzene rings is 1. The number of nitrogens with two attached hydrogens (primary N) is 1. The Balaban J connectivity index is 2.37. The highest BCUT2D eigenvalue weighted by Gasteiger charge is 2.07. The van der Waals surface area contributed by atoms with E-state index < -0.39 is 0 Å². The number of carbonyl (C=O) groups is 1. The summed E-state index contributed by atoms with van der Waals surface area (Å²) in [6.45, 7) is 2.72. The highest BCUT2D eigenvalue weighted by Crippen LogP contribution is 2.08. The van der Waals surface area contributed by atoms with E-state index in [0.29, 0.717) is 13.1 Å². The van der Waals surface area contributed by atoms with E-state index in [1.165, 1.54) is 0 Å². The van der Waals surface area contributed by atoms with Crippen molar-refractivity contribution in [3.8, 4) is 0 Å². The lowest BCUT2D eigenvalue weighted by molar-refractivity contribution is -0.117. The molecule has 0 fully saturated rings. The van der Waals surface area contributed by atoms with Crippen molar-refractivity contribution in [1.82, 2.24) is 9.80 Å². The normalized spacial score (nSPS) is 11.1. The van der Waals surface area contributed by atoms with Gasteiger partial charge in [-0.2, -0.15) is 0 Å². The Morgan fingerprint density at radius 2 is 1.79 bits per heavy atom. The Hall–Kier alpha value is -1.43. The van der Waals surface area contributed by atoms with Crippen LogP contribution < -0.4 is 11.1 Å². The molecule has 0 aliphatic heterocycles. The van der Waals surface area contributed by atoms with E-state index in [0.717, 1.165) is 24.3 Å². The zero-order valence-corrected chi connectivity index (χ0v) is 12.0. The second-order valence-electron chi connectivity index (χ2n) is 4.99. The van der Waals surface area contributed by atoms with Crippen molar-refractivity contribution in [2.75, 3.05) is 46.1 Å². The Morgan fingerprint density at radius 3 is 2.32 bits per heavy atom. The monoisotopic (exact) mass is 264 g/mol. The zero-order valence-electron chi connectivity index (χ0n) is 12.0. The Morgan fingerprint density at radius 1 is 1.16 bits per heavy atom. The van der Waals surface area contributed by atoms with Gasteiger partial charge in [-0.05, 0) is 38.8 Å². The highest BCUT2D eigenvalue weighted by molar-refractivity contribution is 5.92. The number of anilines is 1. The van der Waals surface area contributed by atoms with Crippen LogP contribution in [-0.4, -0.2) is 56.5 Å². The van der Waals surface area contributed by atoms with Crippen LogP contribution in [0.5, 0.6) is 0 Å². The van der Waals surface area contributed by atoms with Gasteiger partial charge in [-0.25, -0.2) is 0 Å². The molecule has 0 radical (unpaired) electrons. The maximum absolute atomic E-state index is 11.8. The van der Waals surface area contributed by atoms with E-state index in [1.54, 1.807) is 0 Å². The van der Waals surface area contributed by atoms with Gasteiger partial charge in [-0.1, -0.05) is 12.1 Å². The third kappa shape index (κ3) is 6.33. The molecule has 0 bridgehead atoms. The van der Waals surface area contributed by atoms with Gasteiger partial charge in [0, 0.05) is 25.3 Å². The molecule has 1 amide bonds. The Kier molecular flexibility index (Phi) is 6.49. The number of nitrogens with zero attached hydrogens (tertiary/aromatic N) is 2. The van der Waals surface area contributed by atoms with E-state index >= 15 is 0 Å². The van der Waals surface area contributed by atoms with E-state index in [9.17, 15) is 4.79 Å². The second-order valence-corrected chi connectivity index (χ2v) is 4.99. The first-order chi connectivity index (χ1) is 9.01. The lowest BCUT2D eigenvalue weighted by Crippen LogP contribution is -2.34. The van der Waals surface area contributed by atoms with Gasteiger partial charge in [-0.3, -0.25) is 9.69 Å². The SMILES string of the molecule is CN(C)CCN(C)CC(=O)Nc1ccc(CN)cc1. The van der Waals surface area contributed by atoms with Crippen LogP contribution in [0.1, 0.15) is 5.56 Å². The summed E-state index contributed by atoms with van der Waals surface area (Å²) in [5, 5.41) is 2.88. The fourth-order valence-corrected chi connectivity index (χ4v) is 1.62. The average molecular weight is 264 g/mol. The van der Waals surface area contributed by atoms with Crippen LogP contribution in [0.2, 0.25) is 0 Å². The first-order valence-electron chi connectivity index (χ1n) is 6.43. The lowest BCUT2D eigenvalue weighted by Gasteiger charge is -2.18. The van der Waals surface area contributed by atoms with Crippen LogP contribution in [0.25, 0.3) is 0 Å². The van der Waals surface area contributed by atoms with Gasteiger partial charge in [-0.15, -0.1) is 0 Å². The van der Waals surface area contributed by atoms with Crippen molar-refractivity contribution in [2.45, 2.75) is 6.54 Å². The summed E-state index contributed by atoms with van der Waals surface area (Å²) >= 11 is 0. The molecule has 19 heavy (non-hydrogen) atoms. The van der Waals surface area contributed by atoms with E-state index in [2.05, 4.69) is 10.2 Å². The molecule has 3 N–H and O–H groups in total. The number of likely N-dealkylation sites (N-methyl/N-ethyl adjacent to an activating group) is 2. The van der Waals surface area contributed by atoms with Crippen LogP contribution >= 0.6 is 0 Å². The van der Waals surface area contributed by atoms with Gasteiger partial charge in [0.1, 0.15) is 0 Å². The molecule has 1 aromatic carbocycles. The third-order valence-corrected chi connectivity index (χ3v) is 2.82. The first-order valence-corrected chi connectivity index (χ1v) is 6.43. The van der Waals surface area contributed by atoms with Crippen molar-refractivity contribution in [3.63, 3.8) is 0 Å². The van der Waals surface area contributed by atoms with Crippen molar-refractivity contribution < 1.29 is 4.79 Å². The fourth-order valence-electron chi connectivity index (χ4n) is 1.62. The van der Waals surface area contributed by atoms with Gasteiger partial charge in [0.15, 0.2) is 0 Å². The molecular weight excluding hydrogens is 240 g/mol. The molecule has 0 spiro atoms. The predicted molar refractivity (Wildman–Crippen MR) is 79.0 cm³/mol. The van der Waals surface area contributed by atoms with E-state index in [4.69, 9.17) is 5.73 Å². The number of hydrogen-bond acceptors (Lipinski definition) is 4. The summed E-state index contributed by atoms with van der Waals surface area (Å²) in [5.41, 5.74) is 7.39. The number of amides is 1. The van der Waals surface area contributed by atoms with E-state index in [1.807, 2.05) is 50.3 Å². The minimum absolute atomic E-state index is 0.00162. The largest absolute Gasteiger partial charge is 0.326 e. The molecule has 1 aromatic rings. The predicted octanol–water partition coefficient (Wildman–Crippen LogP) is 0.577. The molecule has 0 saturated heterocycles. The molecule has 1 rings (SSSR count). The smallest absolute Gasteiger partial charge is 0.238 e. The summed E-state index contributed by atoms with van der Waals surface area (Å²) in [7, 11) is 5.99. The summed E-state index contributed by atoms with van der Waals surface area (Å²) < 4.78 is 0. The first kappa shape index (κ1) is 15.6. The maximum Gasteiger partial charge on any atom is 0.238 e. The minimum atomic E-state index is 0.00162. The molecule has 5 nitrogen and oxygen atoms in total. The van der Waals surface area contributed by atoms with Gasteiger partial charge in [0.05, 0.1) is 6.54 Å². The van der Waals surface area contributed by atoms with Crippen LogP contribution in [-0.2, 0) is 11.3 Å². The van der Waals surface area contributed by atoms with Crippen molar-refractivity contribution >= 4 is 11.6 Å². The van der Waals surface area contributed by atoms with Crippen LogP contribution in [0, 0.1) is 0 Å². The Labute approximate surface area is 115 Å². The average Bonchev–Trinajstić information content (AvgIpc) is 2.37. The van der Waals surface area contributed by atoms with E-state index in [-0.39, 0.29) is 5.91 Å². The van der Waals surface area contributed by atoms with Gasteiger partial charge in [0.2, 0.25) is 5.91 Å². The lowest BCUT2D eigenvalue weighted by atomic mass is 10.2. The zero-order chi connectivity index (χ0) is 14.3. The third-order valence-electron chi connectivity index (χ3n) is 2.82. The van der Waals surface area contributed by atoms with Gasteiger partial charge < -0.3 is 16.0 Å². The van der Waals surface area contributed by atoms with Crippen molar-refractivity contribution in [3.05, 3.63) is 29.8 Å². The van der Waals surface area contributed by atoms with Gasteiger partial charge in [0.25, 0.3) is 0 Å². The van der Waals surface area contributed by atoms with Crippen LogP contribution in [0.3, 0.4) is 0 Å². The number of nitrogens with one attached hydrogen (secondary N) is 1. The number of hydrogen-bond donors (Lipinski definition) is 2. The fraction of sp³-hybridized carbons (Fsp3) is 0.500. The molecule has 0 aliphatic rings. The molecule has 0 aliphatic carbocycles. The molecule has 5 heteroatoms. The standard InChI is InChI=1S/C14H24N4O/c1-17(2)8-9-18(3)11-14(19)16-13-6-4-12(10-15)5-7-13/h4-7H,8-11,15H2,1-3H3,(H,16,19).